The van der Waals surface area contributed by atoms with E-state index in [9.17, 15) is 23.7 Å². The Kier molecular flexibility index (Phi) is 9.73. The van der Waals surface area contributed by atoms with Crippen molar-refractivity contribution in [2.45, 2.75) is 13.0 Å². The molecule has 1 unspecified atom stereocenters. The lowest BCUT2D eigenvalue weighted by Gasteiger charge is -2.19. The van der Waals surface area contributed by atoms with Crippen molar-refractivity contribution in [2.24, 2.45) is 4.36 Å². The first-order valence-corrected chi connectivity index (χ1v) is 13.8. The van der Waals surface area contributed by atoms with Crippen molar-refractivity contribution in [3.05, 3.63) is 83.1 Å². The molecule has 39 heavy (non-hydrogen) atoms. The van der Waals surface area contributed by atoms with E-state index in [0.717, 1.165) is 4.90 Å². The molecule has 0 spiro atoms. The fourth-order valence-corrected chi connectivity index (χ4v) is 4.51. The van der Waals surface area contributed by atoms with Gasteiger partial charge in [0.15, 0.2) is 5.76 Å². The zero-order valence-corrected chi connectivity index (χ0v) is 22.4. The van der Waals surface area contributed by atoms with Crippen LogP contribution in [0, 0.1) is 18.8 Å². The minimum Gasteiger partial charge on any atom is -0.459 e. The van der Waals surface area contributed by atoms with E-state index in [1.54, 1.807) is 37.3 Å². The van der Waals surface area contributed by atoms with Gasteiger partial charge >= 0.3 is 0 Å². The van der Waals surface area contributed by atoms with E-state index in [1.807, 2.05) is 0 Å². The van der Waals surface area contributed by atoms with Crippen LogP contribution >= 0.6 is 0 Å². The molecule has 1 aromatic carbocycles. The lowest BCUT2D eigenvalue weighted by Crippen LogP contribution is -2.38. The number of aliphatic hydroxyl groups excluding tert-OH is 2. The number of pyridine rings is 1. The largest absolute Gasteiger partial charge is 0.459 e. The van der Waals surface area contributed by atoms with Crippen molar-refractivity contribution < 1.29 is 33.2 Å². The molecule has 0 aliphatic rings. The molecule has 12 heteroatoms. The second-order valence-electron chi connectivity index (χ2n) is 8.79. The van der Waals surface area contributed by atoms with Gasteiger partial charge < -0.3 is 24.8 Å². The van der Waals surface area contributed by atoms with Crippen molar-refractivity contribution in [1.29, 1.82) is 0 Å². The summed E-state index contributed by atoms with van der Waals surface area (Å²) in [7, 11) is -1.85. The average molecular weight is 553 g/mol. The summed E-state index contributed by atoms with van der Waals surface area (Å²) in [6.07, 6.45) is 4.20. The molecule has 11 nitrogen and oxygen atoms in total. The highest BCUT2D eigenvalue weighted by molar-refractivity contribution is 7.93. The van der Waals surface area contributed by atoms with Crippen molar-refractivity contribution >= 4 is 33.1 Å². The predicted molar refractivity (Wildman–Crippen MR) is 144 cm³/mol. The number of aliphatic hydroxyl groups is 2. The molecule has 0 bridgehead atoms. The number of carbonyl (C=O) groups excluding carboxylic acids is 3. The van der Waals surface area contributed by atoms with Crippen LogP contribution in [0.1, 0.15) is 37.6 Å². The van der Waals surface area contributed by atoms with Crippen molar-refractivity contribution in [1.82, 2.24) is 9.88 Å². The Hall–Kier alpha value is -4.31. The Morgan fingerprint density at radius 1 is 1.18 bits per heavy atom. The summed E-state index contributed by atoms with van der Waals surface area (Å²) in [5, 5.41) is 21.1. The lowest BCUT2D eigenvalue weighted by atomic mass is 10.1. The highest BCUT2D eigenvalue weighted by Crippen LogP contribution is 2.15. The fraction of sp³-hybridized carbons (Fsp3) is 0.259. The molecule has 204 valence electrons. The zero-order chi connectivity index (χ0) is 28.6. The van der Waals surface area contributed by atoms with E-state index in [2.05, 4.69) is 26.5 Å². The Balaban J connectivity index is 1.71. The Bertz CT molecular complexity index is 1560. The van der Waals surface area contributed by atoms with Crippen molar-refractivity contribution in [2.75, 3.05) is 37.5 Å². The molecule has 3 N–H and O–H groups in total. The van der Waals surface area contributed by atoms with E-state index in [1.165, 1.54) is 38.0 Å². The van der Waals surface area contributed by atoms with Crippen LogP contribution in [0.3, 0.4) is 0 Å². The maximum Gasteiger partial charge on any atom is 0.291 e. The summed E-state index contributed by atoms with van der Waals surface area (Å²) in [5.41, 5.74) is 2.27. The summed E-state index contributed by atoms with van der Waals surface area (Å²) in [5.74, 6) is 3.72. The molecule has 3 rings (SSSR count). The van der Waals surface area contributed by atoms with Crippen molar-refractivity contribution in [3.8, 4) is 11.8 Å². The number of furan rings is 1. The van der Waals surface area contributed by atoms with Crippen LogP contribution in [-0.4, -0.2) is 80.3 Å². The van der Waals surface area contributed by atoms with Gasteiger partial charge in [-0.1, -0.05) is 17.9 Å². The number of nitrogens with zero attached hydrogens (tertiary/aromatic N) is 3. The minimum absolute atomic E-state index is 0.0442. The number of anilines is 1. The van der Waals surface area contributed by atoms with Gasteiger partial charge in [-0.05, 0) is 37.3 Å². The number of nitrogens with one attached hydrogen (secondary N) is 1. The standard InChI is InChI=1S/C27H28N4O7S/c1-18-9-10-38-25(18)27(36)29-22-6-4-5-19(12-22)7-8-20-11-21(14-28-13-20)26(35)30-39(3,37)17-24(34)31(2)15-23(33)16-32/h4-6,9-14,23,32-33H,15-17H2,1-3H3,(H,29,36)/t23?,39-/m1/s1. The van der Waals surface area contributed by atoms with E-state index in [-0.39, 0.29) is 23.8 Å². The fourth-order valence-electron chi connectivity index (χ4n) is 3.31. The van der Waals surface area contributed by atoms with Crippen LogP contribution in [0.25, 0.3) is 0 Å². The third kappa shape index (κ3) is 8.61. The third-order valence-corrected chi connectivity index (χ3v) is 6.65. The number of aromatic nitrogens is 1. The topological polar surface area (TPSA) is 162 Å². The Morgan fingerprint density at radius 3 is 2.62 bits per heavy atom. The molecule has 3 aromatic rings. The molecule has 2 aromatic heterocycles. The average Bonchev–Trinajstić information content (AvgIpc) is 3.33. The maximum absolute atomic E-state index is 12.8. The number of hydrogen-bond acceptors (Lipinski definition) is 8. The second kappa shape index (κ2) is 13.0. The second-order valence-corrected chi connectivity index (χ2v) is 11.2. The first kappa shape index (κ1) is 29.2. The van der Waals surface area contributed by atoms with Gasteiger partial charge in [0.2, 0.25) is 5.91 Å². The molecule has 2 atom stereocenters. The zero-order valence-electron chi connectivity index (χ0n) is 21.6. The number of rotatable bonds is 8. The summed E-state index contributed by atoms with van der Waals surface area (Å²) in [6.45, 7) is 1.09. The first-order valence-electron chi connectivity index (χ1n) is 11.7. The van der Waals surface area contributed by atoms with Gasteiger partial charge in [0.05, 0.1) is 34.3 Å². The summed E-state index contributed by atoms with van der Waals surface area (Å²) >= 11 is 0. The van der Waals surface area contributed by atoms with Gasteiger partial charge in [-0.15, -0.1) is 0 Å². The predicted octanol–water partition coefficient (Wildman–Crippen LogP) is 1.68. The molecule has 2 heterocycles. The molecule has 0 fully saturated rings. The molecular weight excluding hydrogens is 524 g/mol. The van der Waals surface area contributed by atoms with Crippen LogP contribution in [0.2, 0.25) is 0 Å². The van der Waals surface area contributed by atoms with Crippen LogP contribution in [0.4, 0.5) is 5.69 Å². The van der Waals surface area contributed by atoms with Gasteiger partial charge in [0.1, 0.15) is 5.75 Å². The normalized spacial score (nSPS) is 12.8. The number of amides is 3. The first-order chi connectivity index (χ1) is 18.5. The molecule has 0 aliphatic heterocycles. The van der Waals surface area contributed by atoms with Crippen LogP contribution < -0.4 is 5.32 Å². The van der Waals surface area contributed by atoms with Crippen LogP contribution in [0.5, 0.6) is 0 Å². The third-order valence-electron chi connectivity index (χ3n) is 5.31. The van der Waals surface area contributed by atoms with Gasteiger partial charge in [-0.2, -0.15) is 4.36 Å². The number of aryl methyl sites for hydroxylation is 1. The van der Waals surface area contributed by atoms with E-state index >= 15 is 0 Å². The number of hydrogen-bond donors (Lipinski definition) is 3. The summed E-state index contributed by atoms with van der Waals surface area (Å²) in [6, 6.07) is 10.0. The molecule has 0 aliphatic carbocycles. The van der Waals surface area contributed by atoms with Crippen LogP contribution in [0.15, 0.2) is 63.8 Å². The molecule has 0 saturated heterocycles. The monoisotopic (exact) mass is 552 g/mol. The molecule has 0 radical (unpaired) electrons. The maximum atomic E-state index is 12.8. The quantitative estimate of drug-likeness (QED) is 0.356. The lowest BCUT2D eigenvalue weighted by molar-refractivity contribution is -0.128. The van der Waals surface area contributed by atoms with E-state index in [4.69, 9.17) is 9.52 Å². The van der Waals surface area contributed by atoms with E-state index in [0.29, 0.717) is 22.4 Å². The Labute approximate surface area is 226 Å². The molecular formula is C27H28N4O7S. The van der Waals surface area contributed by atoms with Gasteiger partial charge in [-0.3, -0.25) is 19.4 Å². The SMILES string of the molecule is Cc1ccoc1C(=O)Nc1cccc(C#Cc2cncc(C(=O)N=[S@](C)(=O)CC(=O)N(C)CC(O)CO)c2)c1. The van der Waals surface area contributed by atoms with Gasteiger partial charge in [0.25, 0.3) is 11.8 Å². The summed E-state index contributed by atoms with van der Waals surface area (Å²) in [4.78, 5) is 42.4. The highest BCUT2D eigenvalue weighted by Gasteiger charge is 2.19. The van der Waals surface area contributed by atoms with Crippen molar-refractivity contribution in [3.63, 3.8) is 0 Å². The van der Waals surface area contributed by atoms with Crippen LogP contribution in [-0.2, 0) is 14.5 Å². The number of carbonyl (C=O) groups is 3. The highest BCUT2D eigenvalue weighted by atomic mass is 32.2. The van der Waals surface area contributed by atoms with E-state index < -0.39 is 40.0 Å². The minimum atomic E-state index is -3.23. The Morgan fingerprint density at radius 2 is 1.92 bits per heavy atom. The van der Waals surface area contributed by atoms with Gasteiger partial charge in [0, 0.05) is 54.6 Å². The number of likely N-dealkylation sites (N-methyl/N-ethyl adjacent to an activating group) is 1. The number of benzene rings is 1. The molecule has 0 saturated carbocycles. The molecule has 3 amide bonds. The smallest absolute Gasteiger partial charge is 0.291 e. The van der Waals surface area contributed by atoms with Gasteiger partial charge in [-0.25, -0.2) is 4.21 Å². The summed E-state index contributed by atoms with van der Waals surface area (Å²) < 4.78 is 21.7.